The maximum atomic E-state index is 5.43. The lowest BCUT2D eigenvalue weighted by atomic mass is 9.95. The summed E-state index contributed by atoms with van der Waals surface area (Å²) in [6.07, 6.45) is 2.66. The van der Waals surface area contributed by atoms with E-state index in [-0.39, 0.29) is 0 Å². The molecule has 0 saturated heterocycles. The molecule has 3 heteroatoms. The molecular formula is C13H17BrO2. The third-order valence-corrected chi connectivity index (χ3v) is 3.89. The molecule has 1 saturated carbocycles. The second-order valence-corrected chi connectivity index (χ2v) is 4.85. The highest BCUT2D eigenvalue weighted by Crippen LogP contribution is 2.46. The van der Waals surface area contributed by atoms with E-state index >= 15 is 0 Å². The zero-order chi connectivity index (χ0) is 11.5. The van der Waals surface area contributed by atoms with Crippen LogP contribution in [0.1, 0.15) is 24.3 Å². The number of rotatable bonds is 5. The van der Waals surface area contributed by atoms with Crippen molar-refractivity contribution in [2.45, 2.75) is 18.8 Å². The van der Waals surface area contributed by atoms with Gasteiger partial charge >= 0.3 is 0 Å². The van der Waals surface area contributed by atoms with E-state index in [9.17, 15) is 0 Å². The summed E-state index contributed by atoms with van der Waals surface area (Å²) in [5.41, 5.74) is 1.27. The van der Waals surface area contributed by atoms with E-state index < -0.39 is 0 Å². The Morgan fingerprint density at radius 1 is 1.31 bits per heavy atom. The predicted octanol–water partition coefficient (Wildman–Crippen LogP) is 3.59. The summed E-state index contributed by atoms with van der Waals surface area (Å²) in [6.45, 7) is 0. The van der Waals surface area contributed by atoms with Crippen LogP contribution in [0.25, 0.3) is 0 Å². The van der Waals surface area contributed by atoms with Crippen LogP contribution in [0.15, 0.2) is 18.2 Å². The molecule has 1 aliphatic carbocycles. The molecule has 0 radical (unpaired) electrons. The Morgan fingerprint density at radius 3 is 2.56 bits per heavy atom. The topological polar surface area (TPSA) is 18.5 Å². The van der Waals surface area contributed by atoms with Crippen LogP contribution in [-0.4, -0.2) is 19.5 Å². The lowest BCUT2D eigenvalue weighted by Crippen LogP contribution is -2.05. The van der Waals surface area contributed by atoms with Gasteiger partial charge in [0.25, 0.3) is 0 Å². The van der Waals surface area contributed by atoms with Gasteiger partial charge in [-0.1, -0.05) is 15.9 Å². The number of hydrogen-bond acceptors (Lipinski definition) is 2. The van der Waals surface area contributed by atoms with Crippen LogP contribution < -0.4 is 9.47 Å². The van der Waals surface area contributed by atoms with E-state index in [1.165, 1.54) is 18.4 Å². The van der Waals surface area contributed by atoms with Crippen molar-refractivity contribution in [1.29, 1.82) is 0 Å². The van der Waals surface area contributed by atoms with Crippen LogP contribution in [-0.2, 0) is 0 Å². The molecule has 16 heavy (non-hydrogen) atoms. The summed E-state index contributed by atoms with van der Waals surface area (Å²) < 4.78 is 10.7. The van der Waals surface area contributed by atoms with Gasteiger partial charge in [0.1, 0.15) is 11.5 Å². The van der Waals surface area contributed by atoms with Crippen molar-refractivity contribution in [2.24, 2.45) is 5.92 Å². The van der Waals surface area contributed by atoms with E-state index in [0.29, 0.717) is 5.92 Å². The quantitative estimate of drug-likeness (QED) is 0.770. The highest BCUT2D eigenvalue weighted by molar-refractivity contribution is 9.09. The van der Waals surface area contributed by atoms with Crippen molar-refractivity contribution in [1.82, 2.24) is 0 Å². The zero-order valence-electron chi connectivity index (χ0n) is 9.70. The second-order valence-electron chi connectivity index (χ2n) is 4.21. The van der Waals surface area contributed by atoms with E-state index in [1.54, 1.807) is 14.2 Å². The molecular weight excluding hydrogens is 268 g/mol. The van der Waals surface area contributed by atoms with Crippen LogP contribution in [0.2, 0.25) is 0 Å². The lowest BCUT2D eigenvalue weighted by molar-refractivity contribution is 0.394. The largest absolute Gasteiger partial charge is 0.497 e. The first kappa shape index (κ1) is 11.8. The van der Waals surface area contributed by atoms with Gasteiger partial charge in [0.15, 0.2) is 0 Å². The molecule has 1 aromatic carbocycles. The molecule has 88 valence electrons. The predicted molar refractivity (Wildman–Crippen MR) is 68.8 cm³/mol. The van der Waals surface area contributed by atoms with Crippen molar-refractivity contribution >= 4 is 15.9 Å². The maximum Gasteiger partial charge on any atom is 0.122 e. The Morgan fingerprint density at radius 2 is 2.06 bits per heavy atom. The van der Waals surface area contributed by atoms with Gasteiger partial charge in [0.05, 0.1) is 14.2 Å². The average Bonchev–Trinajstić information content (AvgIpc) is 3.14. The fraction of sp³-hybridized carbons (Fsp3) is 0.538. The molecule has 0 spiro atoms. The molecule has 0 aliphatic heterocycles. The Hall–Kier alpha value is -0.700. The van der Waals surface area contributed by atoms with E-state index in [4.69, 9.17) is 9.47 Å². The SMILES string of the molecule is COc1ccc(OC)c(C(CBr)C2CC2)c1. The summed E-state index contributed by atoms with van der Waals surface area (Å²) >= 11 is 3.61. The van der Waals surface area contributed by atoms with Crippen molar-refractivity contribution in [3.63, 3.8) is 0 Å². The first-order valence-electron chi connectivity index (χ1n) is 5.58. The molecule has 0 heterocycles. The van der Waals surface area contributed by atoms with Crippen LogP contribution in [0, 0.1) is 5.92 Å². The van der Waals surface area contributed by atoms with Crippen LogP contribution >= 0.6 is 15.9 Å². The van der Waals surface area contributed by atoms with Crippen molar-refractivity contribution in [3.05, 3.63) is 23.8 Å². The summed E-state index contributed by atoms with van der Waals surface area (Å²) in [5.74, 6) is 3.23. The van der Waals surface area contributed by atoms with Gasteiger partial charge < -0.3 is 9.47 Å². The average molecular weight is 285 g/mol. The van der Waals surface area contributed by atoms with Crippen molar-refractivity contribution in [2.75, 3.05) is 19.5 Å². The van der Waals surface area contributed by atoms with Crippen LogP contribution in [0.3, 0.4) is 0 Å². The van der Waals surface area contributed by atoms with Gasteiger partial charge in [0.2, 0.25) is 0 Å². The Bertz CT molecular complexity index is 361. The van der Waals surface area contributed by atoms with Crippen molar-refractivity contribution in [3.8, 4) is 11.5 Å². The van der Waals surface area contributed by atoms with Gasteiger partial charge in [-0.2, -0.15) is 0 Å². The molecule has 1 unspecified atom stereocenters. The minimum absolute atomic E-state index is 0.546. The van der Waals surface area contributed by atoms with Gasteiger partial charge in [-0.3, -0.25) is 0 Å². The first-order valence-corrected chi connectivity index (χ1v) is 6.70. The summed E-state index contributed by atoms with van der Waals surface area (Å²) in [5, 5.41) is 0.987. The number of halogens is 1. The Kier molecular flexibility index (Phi) is 3.74. The molecule has 1 aliphatic rings. The molecule has 1 aromatic rings. The highest BCUT2D eigenvalue weighted by atomic mass is 79.9. The monoisotopic (exact) mass is 284 g/mol. The molecule has 0 N–H and O–H groups in total. The highest BCUT2D eigenvalue weighted by Gasteiger charge is 2.33. The fourth-order valence-corrected chi connectivity index (χ4v) is 2.97. The maximum absolute atomic E-state index is 5.43. The summed E-state index contributed by atoms with van der Waals surface area (Å²) in [6, 6.07) is 6.04. The molecule has 0 amide bonds. The molecule has 1 fully saturated rings. The molecule has 2 nitrogen and oxygen atoms in total. The Balaban J connectivity index is 2.34. The van der Waals surface area contributed by atoms with E-state index in [0.717, 1.165) is 22.7 Å². The third kappa shape index (κ3) is 2.34. The fourth-order valence-electron chi connectivity index (χ4n) is 2.09. The number of benzene rings is 1. The zero-order valence-corrected chi connectivity index (χ0v) is 11.3. The van der Waals surface area contributed by atoms with E-state index in [2.05, 4.69) is 22.0 Å². The molecule has 0 aromatic heterocycles. The number of ether oxygens (including phenoxy) is 2. The normalized spacial score (nSPS) is 16.9. The second kappa shape index (κ2) is 5.09. The van der Waals surface area contributed by atoms with Crippen LogP contribution in [0.5, 0.6) is 11.5 Å². The molecule has 1 atom stereocenters. The summed E-state index contributed by atoms with van der Waals surface area (Å²) in [4.78, 5) is 0. The molecule has 2 rings (SSSR count). The van der Waals surface area contributed by atoms with Gasteiger partial charge in [-0.05, 0) is 37.0 Å². The number of hydrogen-bond donors (Lipinski definition) is 0. The summed E-state index contributed by atoms with van der Waals surface area (Å²) in [7, 11) is 3.43. The van der Waals surface area contributed by atoms with E-state index in [1.807, 2.05) is 12.1 Å². The lowest BCUT2D eigenvalue weighted by Gasteiger charge is -2.18. The van der Waals surface area contributed by atoms with Gasteiger partial charge in [-0.15, -0.1) is 0 Å². The minimum atomic E-state index is 0.546. The van der Waals surface area contributed by atoms with Crippen molar-refractivity contribution < 1.29 is 9.47 Å². The number of alkyl halides is 1. The van der Waals surface area contributed by atoms with Crippen LogP contribution in [0.4, 0.5) is 0 Å². The minimum Gasteiger partial charge on any atom is -0.497 e. The third-order valence-electron chi connectivity index (χ3n) is 3.19. The molecule has 0 bridgehead atoms. The van der Waals surface area contributed by atoms with Gasteiger partial charge in [-0.25, -0.2) is 0 Å². The first-order chi connectivity index (χ1) is 7.80. The number of methoxy groups -OCH3 is 2. The Labute approximate surface area is 105 Å². The smallest absolute Gasteiger partial charge is 0.122 e. The van der Waals surface area contributed by atoms with Gasteiger partial charge in [0, 0.05) is 16.8 Å². The standard InChI is InChI=1S/C13H17BrO2/c1-15-10-5-6-13(16-2)11(7-10)12(8-14)9-3-4-9/h5-7,9,12H,3-4,8H2,1-2H3.